The molecule has 0 fully saturated rings. The van der Waals surface area contributed by atoms with Crippen molar-refractivity contribution in [2.24, 2.45) is 0 Å². The van der Waals surface area contributed by atoms with Gasteiger partial charge in [-0.1, -0.05) is 18.2 Å². The molecule has 98 valence electrons. The Morgan fingerprint density at radius 3 is 2.74 bits per heavy atom. The van der Waals surface area contributed by atoms with E-state index in [1.165, 1.54) is 11.6 Å². The molecule has 1 heterocycles. The van der Waals surface area contributed by atoms with Gasteiger partial charge in [-0.2, -0.15) is 0 Å². The Bertz CT molecular complexity index is 626. The first-order valence-electron chi connectivity index (χ1n) is 6.26. The first-order chi connectivity index (χ1) is 9.16. The fourth-order valence-electron chi connectivity index (χ4n) is 2.66. The summed E-state index contributed by atoms with van der Waals surface area (Å²) in [5, 5.41) is 22.4. The van der Waals surface area contributed by atoms with E-state index >= 15 is 0 Å². The van der Waals surface area contributed by atoms with Crippen LogP contribution in [0.15, 0.2) is 36.4 Å². The van der Waals surface area contributed by atoms with Crippen molar-refractivity contribution in [3.8, 4) is 11.5 Å². The SMILES string of the molecule is Nc1cccc2c1CNCC2c1ccc(O)c(O)c1. The number of nitrogen functional groups attached to an aromatic ring is 1. The number of fused-ring (bicyclic) bond motifs is 1. The normalized spacial score (nSPS) is 18.0. The first-order valence-corrected chi connectivity index (χ1v) is 6.26. The maximum Gasteiger partial charge on any atom is 0.157 e. The van der Waals surface area contributed by atoms with Gasteiger partial charge in [0.15, 0.2) is 11.5 Å². The molecule has 5 N–H and O–H groups in total. The van der Waals surface area contributed by atoms with Crippen molar-refractivity contribution < 1.29 is 10.2 Å². The van der Waals surface area contributed by atoms with Gasteiger partial charge in [-0.05, 0) is 34.9 Å². The molecule has 4 heteroatoms. The van der Waals surface area contributed by atoms with Crippen molar-refractivity contribution in [2.45, 2.75) is 12.5 Å². The summed E-state index contributed by atoms with van der Waals surface area (Å²) < 4.78 is 0. The number of hydrogen-bond acceptors (Lipinski definition) is 4. The number of phenolic OH excluding ortho intramolecular Hbond substituents is 2. The predicted molar refractivity (Wildman–Crippen MR) is 74.2 cm³/mol. The lowest BCUT2D eigenvalue weighted by molar-refractivity contribution is 0.402. The summed E-state index contributed by atoms with van der Waals surface area (Å²) in [6, 6.07) is 10.9. The molecule has 0 spiro atoms. The Balaban J connectivity index is 2.08. The molecule has 0 amide bonds. The van der Waals surface area contributed by atoms with Crippen molar-refractivity contribution in [2.75, 3.05) is 12.3 Å². The highest BCUT2D eigenvalue weighted by molar-refractivity contribution is 5.55. The van der Waals surface area contributed by atoms with Crippen LogP contribution >= 0.6 is 0 Å². The van der Waals surface area contributed by atoms with Gasteiger partial charge in [0, 0.05) is 24.7 Å². The van der Waals surface area contributed by atoms with Crippen LogP contribution in [0.25, 0.3) is 0 Å². The van der Waals surface area contributed by atoms with Crippen molar-refractivity contribution in [1.82, 2.24) is 5.32 Å². The molecule has 2 aromatic carbocycles. The summed E-state index contributed by atoms with van der Waals surface area (Å²) in [5.41, 5.74) is 10.1. The monoisotopic (exact) mass is 256 g/mol. The minimum atomic E-state index is -0.0969. The Labute approximate surface area is 111 Å². The summed E-state index contributed by atoms with van der Waals surface area (Å²) in [4.78, 5) is 0. The molecule has 3 rings (SSSR count). The molecule has 0 saturated heterocycles. The number of benzene rings is 2. The van der Waals surface area contributed by atoms with Crippen LogP contribution in [-0.4, -0.2) is 16.8 Å². The summed E-state index contributed by atoms with van der Waals surface area (Å²) in [6.07, 6.45) is 0. The van der Waals surface area contributed by atoms with Gasteiger partial charge in [0.2, 0.25) is 0 Å². The predicted octanol–water partition coefficient (Wildman–Crippen LogP) is 1.92. The standard InChI is InChI=1S/C15H16N2O2/c16-13-3-1-2-10-11(7-17-8-12(10)13)9-4-5-14(18)15(19)6-9/h1-6,11,17-19H,7-8,16H2. The molecule has 1 aliphatic rings. The average Bonchev–Trinajstić information content (AvgIpc) is 2.42. The Morgan fingerprint density at radius 1 is 1.11 bits per heavy atom. The number of aromatic hydroxyl groups is 2. The van der Waals surface area contributed by atoms with Gasteiger partial charge in [0.05, 0.1) is 0 Å². The highest BCUT2D eigenvalue weighted by Crippen LogP contribution is 2.36. The second kappa shape index (κ2) is 4.48. The summed E-state index contributed by atoms with van der Waals surface area (Å²) in [7, 11) is 0. The minimum absolute atomic E-state index is 0.0893. The topological polar surface area (TPSA) is 78.5 Å². The molecular weight excluding hydrogens is 240 g/mol. The zero-order valence-electron chi connectivity index (χ0n) is 10.4. The molecule has 1 atom stereocenters. The lowest BCUT2D eigenvalue weighted by atomic mass is 9.85. The third-order valence-electron chi connectivity index (χ3n) is 3.68. The Kier molecular flexibility index (Phi) is 2.80. The van der Waals surface area contributed by atoms with Crippen LogP contribution in [-0.2, 0) is 6.54 Å². The number of anilines is 1. The molecule has 19 heavy (non-hydrogen) atoms. The molecule has 0 aliphatic carbocycles. The molecule has 0 bridgehead atoms. The van der Waals surface area contributed by atoms with E-state index in [1.807, 2.05) is 18.2 Å². The molecule has 1 aliphatic heterocycles. The Hall–Kier alpha value is -2.20. The van der Waals surface area contributed by atoms with Crippen LogP contribution in [0.2, 0.25) is 0 Å². The summed E-state index contributed by atoms with van der Waals surface area (Å²) >= 11 is 0. The van der Waals surface area contributed by atoms with E-state index < -0.39 is 0 Å². The van der Waals surface area contributed by atoms with Crippen LogP contribution in [0.5, 0.6) is 11.5 Å². The van der Waals surface area contributed by atoms with Gasteiger partial charge >= 0.3 is 0 Å². The molecule has 0 saturated carbocycles. The van der Waals surface area contributed by atoms with Gasteiger partial charge in [-0.15, -0.1) is 0 Å². The number of phenols is 2. The van der Waals surface area contributed by atoms with E-state index in [2.05, 4.69) is 11.4 Å². The summed E-state index contributed by atoms with van der Waals surface area (Å²) in [6.45, 7) is 1.56. The van der Waals surface area contributed by atoms with Crippen molar-refractivity contribution in [3.63, 3.8) is 0 Å². The second-order valence-electron chi connectivity index (χ2n) is 4.85. The number of hydrogen-bond donors (Lipinski definition) is 4. The minimum Gasteiger partial charge on any atom is -0.504 e. The van der Waals surface area contributed by atoms with E-state index in [-0.39, 0.29) is 17.4 Å². The smallest absolute Gasteiger partial charge is 0.157 e. The van der Waals surface area contributed by atoms with Crippen LogP contribution in [0.4, 0.5) is 5.69 Å². The van der Waals surface area contributed by atoms with Crippen molar-refractivity contribution >= 4 is 5.69 Å². The fourth-order valence-corrected chi connectivity index (χ4v) is 2.66. The number of nitrogens with one attached hydrogen (secondary N) is 1. The van der Waals surface area contributed by atoms with Crippen LogP contribution < -0.4 is 11.1 Å². The van der Waals surface area contributed by atoms with E-state index in [1.54, 1.807) is 6.07 Å². The lowest BCUT2D eigenvalue weighted by Gasteiger charge is -2.28. The van der Waals surface area contributed by atoms with Crippen LogP contribution in [0, 0.1) is 0 Å². The maximum atomic E-state index is 9.64. The van der Waals surface area contributed by atoms with E-state index in [9.17, 15) is 10.2 Å². The third kappa shape index (κ3) is 2.00. The van der Waals surface area contributed by atoms with Gasteiger partial charge < -0.3 is 21.3 Å². The van der Waals surface area contributed by atoms with Crippen LogP contribution in [0.3, 0.4) is 0 Å². The number of nitrogens with two attached hydrogens (primary N) is 1. The van der Waals surface area contributed by atoms with E-state index in [0.717, 1.165) is 29.9 Å². The Morgan fingerprint density at radius 2 is 1.95 bits per heavy atom. The molecule has 0 radical (unpaired) electrons. The molecule has 0 aromatic heterocycles. The number of rotatable bonds is 1. The first kappa shape index (κ1) is 11.9. The quantitative estimate of drug-likeness (QED) is 0.464. The molecular formula is C15H16N2O2. The largest absolute Gasteiger partial charge is 0.504 e. The zero-order chi connectivity index (χ0) is 13.4. The van der Waals surface area contributed by atoms with E-state index in [0.29, 0.717) is 0 Å². The molecule has 2 aromatic rings. The van der Waals surface area contributed by atoms with Crippen molar-refractivity contribution in [1.29, 1.82) is 0 Å². The highest BCUT2D eigenvalue weighted by Gasteiger charge is 2.23. The third-order valence-corrected chi connectivity index (χ3v) is 3.68. The van der Waals surface area contributed by atoms with Crippen molar-refractivity contribution in [3.05, 3.63) is 53.1 Å². The fraction of sp³-hybridized carbons (Fsp3) is 0.200. The van der Waals surface area contributed by atoms with Gasteiger partial charge in [0.1, 0.15) is 0 Å². The van der Waals surface area contributed by atoms with Gasteiger partial charge in [-0.3, -0.25) is 0 Å². The van der Waals surface area contributed by atoms with E-state index in [4.69, 9.17) is 5.73 Å². The van der Waals surface area contributed by atoms with Gasteiger partial charge in [0.25, 0.3) is 0 Å². The molecule has 4 nitrogen and oxygen atoms in total. The second-order valence-corrected chi connectivity index (χ2v) is 4.85. The maximum absolute atomic E-state index is 9.64. The lowest BCUT2D eigenvalue weighted by Crippen LogP contribution is -2.29. The van der Waals surface area contributed by atoms with Gasteiger partial charge in [-0.25, -0.2) is 0 Å². The highest BCUT2D eigenvalue weighted by atomic mass is 16.3. The summed E-state index contributed by atoms with van der Waals surface area (Å²) in [5.74, 6) is -0.0485. The van der Waals surface area contributed by atoms with Crippen LogP contribution in [0.1, 0.15) is 22.6 Å². The average molecular weight is 256 g/mol. The zero-order valence-corrected chi connectivity index (χ0v) is 10.4. The molecule has 1 unspecified atom stereocenters.